The van der Waals surface area contributed by atoms with Crippen molar-refractivity contribution < 1.29 is 28.5 Å². The molecule has 8 nitrogen and oxygen atoms in total. The summed E-state index contributed by atoms with van der Waals surface area (Å²) in [7, 11) is 5.01. The smallest absolute Gasteiger partial charge is 0.343 e. The third-order valence-corrected chi connectivity index (χ3v) is 7.35. The van der Waals surface area contributed by atoms with Crippen molar-refractivity contribution in [2.24, 2.45) is 10.8 Å². The van der Waals surface area contributed by atoms with Crippen LogP contribution in [0.1, 0.15) is 55.6 Å². The lowest BCUT2D eigenvalue weighted by Gasteiger charge is -2.41. The molecule has 4 rings (SSSR count). The summed E-state index contributed by atoms with van der Waals surface area (Å²) in [5.41, 5.74) is 2.11. The van der Waals surface area contributed by atoms with E-state index in [0.717, 1.165) is 29.7 Å². The van der Waals surface area contributed by atoms with Gasteiger partial charge in [-0.15, -0.1) is 0 Å². The van der Waals surface area contributed by atoms with Gasteiger partial charge >= 0.3 is 5.97 Å². The second kappa shape index (κ2) is 10.3. The number of nitrogens with zero attached hydrogens (tertiary/aromatic N) is 1. The Morgan fingerprint density at radius 2 is 1.83 bits per heavy atom. The molecule has 1 unspecified atom stereocenters. The summed E-state index contributed by atoms with van der Waals surface area (Å²) < 4.78 is 30.1. The number of fused-ring (bicyclic) bond motifs is 3. The lowest BCUT2D eigenvalue weighted by Crippen LogP contribution is -2.37. The van der Waals surface area contributed by atoms with Gasteiger partial charge in [0.1, 0.15) is 5.56 Å². The zero-order valence-electron chi connectivity index (χ0n) is 22.1. The molecule has 1 aromatic carbocycles. The molecule has 36 heavy (non-hydrogen) atoms. The highest BCUT2D eigenvalue weighted by atomic mass is 16.5. The lowest BCUT2D eigenvalue weighted by molar-refractivity contribution is 0.0516. The minimum absolute atomic E-state index is 0.0297. The highest BCUT2D eigenvalue weighted by Crippen LogP contribution is 2.49. The van der Waals surface area contributed by atoms with Crippen molar-refractivity contribution in [2.45, 2.75) is 46.1 Å². The molecule has 2 aliphatic rings. The van der Waals surface area contributed by atoms with E-state index in [1.165, 1.54) is 6.07 Å². The molecule has 1 aromatic heterocycles. The van der Waals surface area contributed by atoms with Gasteiger partial charge in [-0.3, -0.25) is 4.79 Å². The molecular formula is C28H37NO7. The Bertz CT molecular complexity index is 1180. The van der Waals surface area contributed by atoms with Gasteiger partial charge in [0.2, 0.25) is 0 Å². The molecule has 1 aliphatic heterocycles. The van der Waals surface area contributed by atoms with E-state index in [1.807, 2.05) is 16.7 Å². The maximum Gasteiger partial charge on any atom is 0.343 e. The topological polar surface area (TPSA) is 85.2 Å². The monoisotopic (exact) mass is 499 g/mol. The molecule has 8 heteroatoms. The van der Waals surface area contributed by atoms with Crippen LogP contribution in [0.3, 0.4) is 0 Å². The van der Waals surface area contributed by atoms with E-state index in [2.05, 4.69) is 13.8 Å². The van der Waals surface area contributed by atoms with Crippen molar-refractivity contribution in [3.05, 3.63) is 45.7 Å². The van der Waals surface area contributed by atoms with E-state index in [0.29, 0.717) is 37.7 Å². The van der Waals surface area contributed by atoms with Gasteiger partial charge in [-0.05, 0) is 43.9 Å². The minimum atomic E-state index is -0.613. The Morgan fingerprint density at radius 3 is 2.44 bits per heavy atom. The quantitative estimate of drug-likeness (QED) is 0.427. The number of carbonyl (C=O) groups excluding carboxylic acids is 1. The fourth-order valence-corrected chi connectivity index (χ4v) is 5.14. The zero-order valence-corrected chi connectivity index (χ0v) is 22.1. The molecule has 1 atom stereocenters. The van der Waals surface area contributed by atoms with Crippen LogP contribution in [0.25, 0.3) is 11.3 Å². The Kier molecular flexibility index (Phi) is 7.48. The minimum Gasteiger partial charge on any atom is -0.493 e. The second-order valence-electron chi connectivity index (χ2n) is 10.6. The average Bonchev–Trinajstić information content (AvgIpc) is 3.61. The molecule has 0 saturated heterocycles. The maximum absolute atomic E-state index is 13.0. The van der Waals surface area contributed by atoms with E-state index in [9.17, 15) is 9.59 Å². The predicted molar refractivity (Wildman–Crippen MR) is 136 cm³/mol. The van der Waals surface area contributed by atoms with Crippen LogP contribution in [0.2, 0.25) is 0 Å². The first-order valence-electron chi connectivity index (χ1n) is 12.4. The number of esters is 1. The number of rotatable bonds is 11. The fraction of sp³-hybridized carbons (Fsp3) is 0.571. The van der Waals surface area contributed by atoms with Gasteiger partial charge in [0.05, 0.1) is 39.2 Å². The van der Waals surface area contributed by atoms with Crippen LogP contribution >= 0.6 is 0 Å². The van der Waals surface area contributed by atoms with E-state index >= 15 is 0 Å². The summed E-state index contributed by atoms with van der Waals surface area (Å²) in [5, 5.41) is 0. The molecule has 1 aliphatic carbocycles. The summed E-state index contributed by atoms with van der Waals surface area (Å²) in [5.74, 6) is 0.671. The molecule has 0 bridgehead atoms. The summed E-state index contributed by atoms with van der Waals surface area (Å²) in [6.45, 7) is 7.92. The van der Waals surface area contributed by atoms with Crippen molar-refractivity contribution in [2.75, 3.05) is 47.8 Å². The third kappa shape index (κ3) is 5.02. The van der Waals surface area contributed by atoms with Gasteiger partial charge in [0.25, 0.3) is 0 Å². The van der Waals surface area contributed by atoms with Crippen molar-refractivity contribution in [1.82, 2.24) is 4.57 Å². The predicted octanol–water partition coefficient (Wildman–Crippen LogP) is 4.28. The molecular weight excluding hydrogens is 462 g/mol. The van der Waals surface area contributed by atoms with E-state index in [1.54, 1.807) is 34.4 Å². The van der Waals surface area contributed by atoms with Crippen LogP contribution in [-0.4, -0.2) is 58.3 Å². The highest BCUT2D eigenvalue weighted by molar-refractivity contribution is 5.89. The lowest BCUT2D eigenvalue weighted by atomic mass is 9.77. The number of methoxy groups -OCH3 is 3. The number of hydrogen-bond acceptors (Lipinski definition) is 7. The van der Waals surface area contributed by atoms with Crippen LogP contribution < -0.4 is 14.9 Å². The van der Waals surface area contributed by atoms with Crippen molar-refractivity contribution >= 4 is 5.97 Å². The van der Waals surface area contributed by atoms with Gasteiger partial charge in [-0.25, -0.2) is 4.79 Å². The largest absolute Gasteiger partial charge is 0.493 e. The molecule has 1 fully saturated rings. The SMILES string of the molecule is CCOC(=O)c1cn2c(cc1=O)-c1cc(OC)c(OCC3(COC)CC3)cc1CC2C(C)(C)COC. The van der Waals surface area contributed by atoms with Gasteiger partial charge < -0.3 is 28.3 Å². The maximum atomic E-state index is 13.0. The molecule has 2 aromatic rings. The Morgan fingerprint density at radius 1 is 1.08 bits per heavy atom. The molecule has 0 radical (unpaired) electrons. The number of aromatic nitrogens is 1. The van der Waals surface area contributed by atoms with E-state index < -0.39 is 5.97 Å². The van der Waals surface area contributed by atoms with E-state index in [4.69, 9.17) is 23.7 Å². The Hall–Kier alpha value is -2.84. The first kappa shape index (κ1) is 26.2. The fourth-order valence-electron chi connectivity index (χ4n) is 5.14. The van der Waals surface area contributed by atoms with E-state index in [-0.39, 0.29) is 34.5 Å². The number of pyridine rings is 1. The first-order chi connectivity index (χ1) is 17.2. The summed E-state index contributed by atoms with van der Waals surface area (Å²) in [6, 6.07) is 5.41. The van der Waals surface area contributed by atoms with Gasteiger partial charge in [-0.1, -0.05) is 13.8 Å². The normalized spacial score (nSPS) is 17.7. The standard InChI is InChI=1S/C28H37NO7/c1-7-35-26(31)20-14-29-21(13-22(20)30)19-12-23(34-6)24(36-17-28(8-9-28)16-33-5)10-18(19)11-25(29)27(2,3)15-32-4/h10,12-14,25H,7-9,11,15-17H2,1-6H3. The molecule has 1 saturated carbocycles. The zero-order chi connectivity index (χ0) is 26.1. The summed E-state index contributed by atoms with van der Waals surface area (Å²) in [6.07, 6.45) is 4.48. The molecule has 196 valence electrons. The third-order valence-electron chi connectivity index (χ3n) is 7.35. The molecule has 0 amide bonds. The van der Waals surface area contributed by atoms with Crippen LogP contribution in [0.5, 0.6) is 11.5 Å². The Labute approximate surface area is 212 Å². The van der Waals surface area contributed by atoms with Crippen molar-refractivity contribution in [3.63, 3.8) is 0 Å². The van der Waals surface area contributed by atoms with Crippen LogP contribution in [-0.2, 0) is 20.6 Å². The summed E-state index contributed by atoms with van der Waals surface area (Å²) in [4.78, 5) is 25.5. The van der Waals surface area contributed by atoms with Gasteiger partial charge in [0, 0.05) is 48.9 Å². The Balaban J connectivity index is 1.80. The number of ether oxygens (including phenoxy) is 5. The highest BCUT2D eigenvalue weighted by Gasteiger charge is 2.44. The molecule has 2 heterocycles. The van der Waals surface area contributed by atoms with Crippen LogP contribution in [0, 0.1) is 10.8 Å². The van der Waals surface area contributed by atoms with Crippen LogP contribution in [0.15, 0.2) is 29.2 Å². The average molecular weight is 500 g/mol. The van der Waals surface area contributed by atoms with Crippen LogP contribution in [0.4, 0.5) is 0 Å². The number of hydrogen-bond donors (Lipinski definition) is 0. The van der Waals surface area contributed by atoms with Gasteiger partial charge in [-0.2, -0.15) is 0 Å². The first-order valence-corrected chi connectivity index (χ1v) is 12.4. The number of benzene rings is 1. The molecule has 0 N–H and O–H groups in total. The van der Waals surface area contributed by atoms with Crippen molar-refractivity contribution in [3.8, 4) is 22.8 Å². The number of carbonyl (C=O) groups is 1. The van der Waals surface area contributed by atoms with Crippen molar-refractivity contribution in [1.29, 1.82) is 0 Å². The van der Waals surface area contributed by atoms with Gasteiger partial charge in [0.15, 0.2) is 16.9 Å². The second-order valence-corrected chi connectivity index (χ2v) is 10.6. The molecule has 0 spiro atoms. The summed E-state index contributed by atoms with van der Waals surface area (Å²) >= 11 is 0.